The van der Waals surface area contributed by atoms with Crippen LogP contribution >= 0.6 is 11.6 Å². The lowest BCUT2D eigenvalue weighted by atomic mass is 10.1. The van der Waals surface area contributed by atoms with Crippen LogP contribution in [0, 0.1) is 23.0 Å². The molecule has 8 nitrogen and oxygen atoms in total. The molecule has 0 aliphatic carbocycles. The van der Waals surface area contributed by atoms with Crippen molar-refractivity contribution in [2.75, 3.05) is 26.2 Å². The summed E-state index contributed by atoms with van der Waals surface area (Å²) in [6, 6.07) is 9.24. The summed E-state index contributed by atoms with van der Waals surface area (Å²) < 4.78 is 1.54. The molecule has 150 valence electrons. The van der Waals surface area contributed by atoms with Crippen molar-refractivity contribution in [3.05, 3.63) is 56.7 Å². The Hall–Kier alpha value is -2.45. The lowest BCUT2D eigenvalue weighted by Crippen LogP contribution is -2.50. The zero-order valence-corrected chi connectivity index (χ0v) is 16.8. The molecule has 1 aliphatic heterocycles. The molecule has 1 unspecified atom stereocenters. The van der Waals surface area contributed by atoms with Gasteiger partial charge in [-0.05, 0) is 29.5 Å². The molecular weight excluding hydrogens is 382 g/mol. The van der Waals surface area contributed by atoms with Gasteiger partial charge in [-0.3, -0.25) is 9.69 Å². The summed E-state index contributed by atoms with van der Waals surface area (Å²) in [7, 11) is 0. The average molecular weight is 406 g/mol. The second-order valence-electron chi connectivity index (χ2n) is 7.21. The third kappa shape index (κ3) is 4.88. The zero-order valence-electron chi connectivity index (χ0n) is 16.0. The van der Waals surface area contributed by atoms with E-state index in [4.69, 9.17) is 11.6 Å². The molecule has 0 radical (unpaired) electrons. The maximum atomic E-state index is 12.8. The number of amides is 1. The number of hydrogen-bond donors (Lipinski definition) is 0. The maximum absolute atomic E-state index is 12.8. The van der Waals surface area contributed by atoms with Gasteiger partial charge in [0.25, 0.3) is 0 Å². The highest BCUT2D eigenvalue weighted by atomic mass is 35.5. The topological polar surface area (TPSA) is 84.5 Å². The van der Waals surface area contributed by atoms with Gasteiger partial charge in [-0.15, -0.1) is 0 Å². The Labute approximate surface area is 168 Å². The number of halogens is 1. The van der Waals surface area contributed by atoms with Crippen LogP contribution in [0.1, 0.15) is 18.2 Å². The molecular formula is C19H24ClN5O3. The Balaban J connectivity index is 1.51. The van der Waals surface area contributed by atoms with Gasteiger partial charge < -0.3 is 15.0 Å². The smallest absolute Gasteiger partial charge is 0.358 e. The number of nitro groups is 1. The number of aryl methyl sites for hydroxylation is 1. The number of piperazine rings is 1. The molecule has 0 spiro atoms. The number of benzene rings is 1. The van der Waals surface area contributed by atoms with Crippen molar-refractivity contribution < 1.29 is 9.72 Å². The van der Waals surface area contributed by atoms with Gasteiger partial charge in [-0.2, -0.15) is 4.68 Å². The number of nitrogens with zero attached hydrogens (tertiary/aromatic N) is 5. The van der Waals surface area contributed by atoms with Crippen LogP contribution in [0.25, 0.3) is 0 Å². The standard InChI is InChI=1S/C19H24ClN5O3/c1-14(12-24-15(2)11-18(21-24)25(27)28)19(26)23-9-7-22(8-10-23)13-16-3-5-17(20)6-4-16/h3-6,11,14H,7-10,12-13H2,1-2H3. The van der Waals surface area contributed by atoms with E-state index in [0.29, 0.717) is 25.3 Å². The molecule has 1 aromatic heterocycles. The van der Waals surface area contributed by atoms with Gasteiger partial charge in [0.1, 0.15) is 0 Å². The van der Waals surface area contributed by atoms with Crippen molar-refractivity contribution in [2.45, 2.75) is 26.9 Å². The first-order valence-corrected chi connectivity index (χ1v) is 9.65. The lowest BCUT2D eigenvalue weighted by Gasteiger charge is -2.36. The average Bonchev–Trinajstić information content (AvgIpc) is 3.04. The quantitative estimate of drug-likeness (QED) is 0.545. The number of carbonyl (C=O) groups excluding carboxylic acids is 1. The molecule has 1 fully saturated rings. The van der Waals surface area contributed by atoms with Crippen LogP contribution in [0.4, 0.5) is 5.82 Å². The molecule has 3 rings (SSSR count). The second kappa shape index (κ2) is 8.70. The highest BCUT2D eigenvalue weighted by Crippen LogP contribution is 2.16. The van der Waals surface area contributed by atoms with Crippen LogP contribution in [0.5, 0.6) is 0 Å². The van der Waals surface area contributed by atoms with Gasteiger partial charge >= 0.3 is 5.82 Å². The lowest BCUT2D eigenvalue weighted by molar-refractivity contribution is -0.389. The number of rotatable bonds is 6. The van der Waals surface area contributed by atoms with Crippen LogP contribution in [0.15, 0.2) is 30.3 Å². The van der Waals surface area contributed by atoms with E-state index in [9.17, 15) is 14.9 Å². The minimum absolute atomic E-state index is 0.0590. The predicted octanol–water partition coefficient (Wildman–Crippen LogP) is 2.73. The SMILES string of the molecule is Cc1cc([N+](=O)[O-])nn1CC(C)C(=O)N1CCN(Cc2ccc(Cl)cc2)CC1. The van der Waals surface area contributed by atoms with Crippen LogP contribution in [0.2, 0.25) is 5.02 Å². The van der Waals surface area contributed by atoms with Gasteiger partial charge in [0, 0.05) is 37.7 Å². The molecule has 0 saturated carbocycles. The van der Waals surface area contributed by atoms with E-state index < -0.39 is 4.92 Å². The monoisotopic (exact) mass is 405 g/mol. The van der Waals surface area contributed by atoms with Crippen molar-refractivity contribution in [1.82, 2.24) is 19.6 Å². The molecule has 1 amide bonds. The van der Waals surface area contributed by atoms with E-state index in [0.717, 1.165) is 24.7 Å². The molecule has 0 bridgehead atoms. The Kier molecular flexibility index (Phi) is 6.31. The van der Waals surface area contributed by atoms with Gasteiger partial charge in [0.15, 0.2) is 0 Å². The normalized spacial score (nSPS) is 16.2. The fourth-order valence-electron chi connectivity index (χ4n) is 3.39. The van der Waals surface area contributed by atoms with Crippen molar-refractivity contribution in [3.63, 3.8) is 0 Å². The Morgan fingerprint density at radius 3 is 2.46 bits per heavy atom. The minimum atomic E-state index is -0.518. The van der Waals surface area contributed by atoms with Crippen molar-refractivity contribution in [1.29, 1.82) is 0 Å². The van der Waals surface area contributed by atoms with Crippen LogP contribution in [0.3, 0.4) is 0 Å². The van der Waals surface area contributed by atoms with Crippen molar-refractivity contribution in [3.8, 4) is 0 Å². The van der Waals surface area contributed by atoms with Gasteiger partial charge in [0.2, 0.25) is 5.91 Å². The van der Waals surface area contributed by atoms with Crippen LogP contribution < -0.4 is 0 Å². The zero-order chi connectivity index (χ0) is 20.3. The highest BCUT2D eigenvalue weighted by molar-refractivity contribution is 6.30. The van der Waals surface area contributed by atoms with E-state index >= 15 is 0 Å². The van der Waals surface area contributed by atoms with E-state index in [1.165, 1.54) is 16.3 Å². The van der Waals surface area contributed by atoms with E-state index in [-0.39, 0.29) is 17.6 Å². The summed E-state index contributed by atoms with van der Waals surface area (Å²) in [6.45, 7) is 7.75. The fraction of sp³-hybridized carbons (Fsp3) is 0.474. The van der Waals surface area contributed by atoms with E-state index in [1.54, 1.807) is 6.92 Å². The van der Waals surface area contributed by atoms with Gasteiger partial charge in [-0.25, -0.2) is 0 Å². The summed E-state index contributed by atoms with van der Waals surface area (Å²) >= 11 is 5.93. The van der Waals surface area contributed by atoms with Crippen molar-refractivity contribution in [2.24, 2.45) is 5.92 Å². The predicted molar refractivity (Wildman–Crippen MR) is 106 cm³/mol. The summed E-state index contributed by atoms with van der Waals surface area (Å²) in [5.74, 6) is -0.419. The first-order chi connectivity index (χ1) is 13.3. The van der Waals surface area contributed by atoms with Crippen LogP contribution in [-0.2, 0) is 17.9 Å². The fourth-order valence-corrected chi connectivity index (χ4v) is 3.52. The molecule has 0 N–H and O–H groups in total. The van der Waals surface area contributed by atoms with E-state index in [1.807, 2.05) is 36.1 Å². The number of carbonyl (C=O) groups is 1. The molecule has 1 aliphatic rings. The first-order valence-electron chi connectivity index (χ1n) is 9.28. The third-order valence-electron chi connectivity index (χ3n) is 5.03. The Bertz CT molecular complexity index is 844. The molecule has 1 aromatic carbocycles. The Morgan fingerprint density at radius 2 is 1.89 bits per heavy atom. The van der Waals surface area contributed by atoms with Crippen molar-refractivity contribution >= 4 is 23.3 Å². The second-order valence-corrected chi connectivity index (χ2v) is 7.65. The first kappa shape index (κ1) is 20.3. The van der Waals surface area contributed by atoms with Gasteiger partial charge in [0.05, 0.1) is 29.3 Å². The van der Waals surface area contributed by atoms with E-state index in [2.05, 4.69) is 10.00 Å². The van der Waals surface area contributed by atoms with Crippen LogP contribution in [-0.4, -0.2) is 56.6 Å². The molecule has 1 atom stereocenters. The summed E-state index contributed by atoms with van der Waals surface area (Å²) in [5, 5.41) is 15.6. The largest absolute Gasteiger partial charge is 0.390 e. The minimum Gasteiger partial charge on any atom is -0.358 e. The third-order valence-corrected chi connectivity index (χ3v) is 5.28. The number of hydrogen-bond acceptors (Lipinski definition) is 5. The maximum Gasteiger partial charge on any atom is 0.390 e. The molecule has 28 heavy (non-hydrogen) atoms. The molecule has 2 aromatic rings. The summed E-state index contributed by atoms with van der Waals surface area (Å²) in [5.41, 5.74) is 1.88. The molecule has 1 saturated heterocycles. The molecule has 2 heterocycles. The summed E-state index contributed by atoms with van der Waals surface area (Å²) in [6.07, 6.45) is 0. The summed E-state index contributed by atoms with van der Waals surface area (Å²) in [4.78, 5) is 27.3. The molecule has 9 heteroatoms. The highest BCUT2D eigenvalue weighted by Gasteiger charge is 2.27. The van der Waals surface area contributed by atoms with Gasteiger partial charge in [-0.1, -0.05) is 30.7 Å². The Morgan fingerprint density at radius 1 is 1.25 bits per heavy atom. The number of aromatic nitrogens is 2.